The first-order valence-corrected chi connectivity index (χ1v) is 6.40. The Labute approximate surface area is 112 Å². The summed E-state index contributed by atoms with van der Waals surface area (Å²) in [6.07, 6.45) is 1.26. The Morgan fingerprint density at radius 3 is 2.95 bits per heavy atom. The molecule has 1 aliphatic rings. The molecule has 1 saturated heterocycles. The summed E-state index contributed by atoms with van der Waals surface area (Å²) in [6.45, 7) is 1.66. The number of carbonyl (C=O) groups is 1. The molecule has 0 amide bonds. The molecule has 1 unspecified atom stereocenters. The SMILES string of the molecule is COc1cc(C(=O)CCN)ccc1OC1CCOC1. The molecule has 0 radical (unpaired) electrons. The molecule has 2 N–H and O–H groups in total. The van der Waals surface area contributed by atoms with Gasteiger partial charge >= 0.3 is 0 Å². The smallest absolute Gasteiger partial charge is 0.164 e. The zero-order valence-corrected chi connectivity index (χ0v) is 11.1. The van der Waals surface area contributed by atoms with Crippen LogP contribution in [0, 0.1) is 0 Å². The Hall–Kier alpha value is -1.59. The second kappa shape index (κ2) is 6.54. The van der Waals surface area contributed by atoms with Crippen LogP contribution in [0.15, 0.2) is 18.2 Å². The highest BCUT2D eigenvalue weighted by Crippen LogP contribution is 2.30. The Bertz CT molecular complexity index is 441. The lowest BCUT2D eigenvalue weighted by molar-refractivity contribution is 0.0985. The third-order valence-electron chi connectivity index (χ3n) is 3.04. The summed E-state index contributed by atoms with van der Waals surface area (Å²) < 4.78 is 16.3. The number of benzene rings is 1. The van der Waals surface area contributed by atoms with Crippen molar-refractivity contribution in [3.8, 4) is 11.5 Å². The number of Topliss-reactive ketones (excluding diaryl/α,β-unsaturated/α-hetero) is 1. The Morgan fingerprint density at radius 2 is 2.32 bits per heavy atom. The molecule has 0 bridgehead atoms. The second-order valence-corrected chi connectivity index (χ2v) is 4.43. The van der Waals surface area contributed by atoms with Crippen LogP contribution in [0.1, 0.15) is 23.2 Å². The maximum atomic E-state index is 11.8. The average Bonchev–Trinajstić information content (AvgIpc) is 2.92. The highest BCUT2D eigenvalue weighted by molar-refractivity contribution is 5.96. The van der Waals surface area contributed by atoms with Crippen LogP contribution in [0.3, 0.4) is 0 Å². The van der Waals surface area contributed by atoms with E-state index in [2.05, 4.69) is 0 Å². The lowest BCUT2D eigenvalue weighted by atomic mass is 10.1. The van der Waals surface area contributed by atoms with Gasteiger partial charge in [0.25, 0.3) is 0 Å². The van der Waals surface area contributed by atoms with Crippen molar-refractivity contribution in [3.63, 3.8) is 0 Å². The predicted molar refractivity (Wildman–Crippen MR) is 70.8 cm³/mol. The standard InChI is InChI=1S/C14H19NO4/c1-17-14-8-10(12(16)4-6-15)2-3-13(14)19-11-5-7-18-9-11/h2-3,8,11H,4-7,9,15H2,1H3. The van der Waals surface area contributed by atoms with Gasteiger partial charge in [0, 0.05) is 18.4 Å². The molecular formula is C14H19NO4. The molecule has 0 aliphatic carbocycles. The molecule has 1 heterocycles. The first-order valence-electron chi connectivity index (χ1n) is 6.40. The molecule has 1 atom stereocenters. The first kappa shape index (κ1) is 13.8. The van der Waals surface area contributed by atoms with E-state index in [0.29, 0.717) is 36.6 Å². The average molecular weight is 265 g/mol. The van der Waals surface area contributed by atoms with Crippen LogP contribution in [0.5, 0.6) is 11.5 Å². The third kappa shape index (κ3) is 3.45. The van der Waals surface area contributed by atoms with Gasteiger partial charge in [-0.25, -0.2) is 0 Å². The van der Waals surface area contributed by atoms with E-state index in [1.165, 1.54) is 0 Å². The summed E-state index contributed by atoms with van der Waals surface area (Å²) in [6, 6.07) is 5.20. The molecular weight excluding hydrogens is 246 g/mol. The van der Waals surface area contributed by atoms with Crippen LogP contribution >= 0.6 is 0 Å². The zero-order chi connectivity index (χ0) is 13.7. The summed E-state index contributed by atoms with van der Waals surface area (Å²) in [5, 5.41) is 0. The van der Waals surface area contributed by atoms with Crippen molar-refractivity contribution in [2.75, 3.05) is 26.9 Å². The fourth-order valence-corrected chi connectivity index (χ4v) is 2.00. The predicted octanol–water partition coefficient (Wildman–Crippen LogP) is 1.39. The van der Waals surface area contributed by atoms with Gasteiger partial charge in [-0.05, 0) is 24.7 Å². The summed E-state index contributed by atoms with van der Waals surface area (Å²) in [4.78, 5) is 11.8. The van der Waals surface area contributed by atoms with Gasteiger partial charge in [-0.1, -0.05) is 0 Å². The number of ether oxygens (including phenoxy) is 3. The van der Waals surface area contributed by atoms with Crippen LogP contribution in [-0.2, 0) is 4.74 Å². The Morgan fingerprint density at radius 1 is 1.47 bits per heavy atom. The number of rotatable bonds is 6. The van der Waals surface area contributed by atoms with Crippen molar-refractivity contribution in [2.45, 2.75) is 18.9 Å². The maximum Gasteiger partial charge on any atom is 0.164 e. The summed E-state index contributed by atoms with van der Waals surface area (Å²) in [5.41, 5.74) is 5.98. The summed E-state index contributed by atoms with van der Waals surface area (Å²) in [7, 11) is 1.56. The molecule has 0 aromatic heterocycles. The fourth-order valence-electron chi connectivity index (χ4n) is 2.00. The van der Waals surface area contributed by atoms with Crippen LogP contribution in [0.25, 0.3) is 0 Å². The highest BCUT2D eigenvalue weighted by atomic mass is 16.6. The molecule has 0 saturated carbocycles. The van der Waals surface area contributed by atoms with E-state index in [1.54, 1.807) is 25.3 Å². The van der Waals surface area contributed by atoms with Crippen molar-refractivity contribution in [1.82, 2.24) is 0 Å². The molecule has 19 heavy (non-hydrogen) atoms. The minimum absolute atomic E-state index is 0.0107. The van der Waals surface area contributed by atoms with Gasteiger partial charge in [0.2, 0.25) is 0 Å². The molecule has 1 fully saturated rings. The van der Waals surface area contributed by atoms with E-state index < -0.39 is 0 Å². The number of methoxy groups -OCH3 is 1. The van der Waals surface area contributed by atoms with Gasteiger partial charge in [0.15, 0.2) is 17.3 Å². The lowest BCUT2D eigenvalue weighted by Gasteiger charge is -2.15. The third-order valence-corrected chi connectivity index (χ3v) is 3.04. The van der Waals surface area contributed by atoms with Crippen LogP contribution in [-0.4, -0.2) is 38.8 Å². The van der Waals surface area contributed by atoms with Crippen molar-refractivity contribution in [1.29, 1.82) is 0 Å². The van der Waals surface area contributed by atoms with E-state index in [9.17, 15) is 4.79 Å². The maximum absolute atomic E-state index is 11.8. The van der Waals surface area contributed by atoms with Gasteiger partial charge < -0.3 is 19.9 Å². The van der Waals surface area contributed by atoms with Crippen molar-refractivity contribution in [2.24, 2.45) is 5.73 Å². The molecule has 1 aliphatic heterocycles. The van der Waals surface area contributed by atoms with E-state index >= 15 is 0 Å². The Kier molecular flexibility index (Phi) is 4.76. The van der Waals surface area contributed by atoms with Crippen LogP contribution in [0.4, 0.5) is 0 Å². The summed E-state index contributed by atoms with van der Waals surface area (Å²) >= 11 is 0. The number of ketones is 1. The fraction of sp³-hybridized carbons (Fsp3) is 0.500. The largest absolute Gasteiger partial charge is 0.493 e. The molecule has 0 spiro atoms. The normalized spacial score (nSPS) is 18.3. The van der Waals surface area contributed by atoms with E-state index in [4.69, 9.17) is 19.9 Å². The molecule has 104 valence electrons. The second-order valence-electron chi connectivity index (χ2n) is 4.43. The van der Waals surface area contributed by atoms with Crippen LogP contribution in [0.2, 0.25) is 0 Å². The quantitative estimate of drug-likeness (QED) is 0.787. The molecule has 1 aromatic rings. The van der Waals surface area contributed by atoms with Gasteiger partial charge in [0.1, 0.15) is 6.10 Å². The van der Waals surface area contributed by atoms with Crippen molar-refractivity contribution in [3.05, 3.63) is 23.8 Å². The van der Waals surface area contributed by atoms with Crippen molar-refractivity contribution >= 4 is 5.78 Å². The molecule has 2 rings (SSSR count). The molecule has 1 aromatic carbocycles. The van der Waals surface area contributed by atoms with Gasteiger partial charge in [0.05, 0.1) is 20.3 Å². The lowest BCUT2D eigenvalue weighted by Crippen LogP contribution is -2.16. The Balaban J connectivity index is 2.13. The number of hydrogen-bond donors (Lipinski definition) is 1. The summed E-state index contributed by atoms with van der Waals surface area (Å²) in [5.74, 6) is 1.22. The highest BCUT2D eigenvalue weighted by Gasteiger charge is 2.19. The van der Waals surface area contributed by atoms with Gasteiger partial charge in [-0.3, -0.25) is 4.79 Å². The monoisotopic (exact) mass is 265 g/mol. The number of carbonyl (C=O) groups excluding carboxylic acids is 1. The topological polar surface area (TPSA) is 70.8 Å². The number of hydrogen-bond acceptors (Lipinski definition) is 5. The van der Waals surface area contributed by atoms with Crippen LogP contribution < -0.4 is 15.2 Å². The zero-order valence-electron chi connectivity index (χ0n) is 11.1. The molecule has 5 nitrogen and oxygen atoms in total. The van der Waals surface area contributed by atoms with Gasteiger partial charge in [-0.15, -0.1) is 0 Å². The minimum atomic E-state index is 0.0107. The number of nitrogens with two attached hydrogens (primary N) is 1. The first-order chi connectivity index (χ1) is 9.24. The minimum Gasteiger partial charge on any atom is -0.493 e. The molecule has 5 heteroatoms. The van der Waals surface area contributed by atoms with E-state index in [1.807, 2.05) is 0 Å². The van der Waals surface area contributed by atoms with E-state index in [-0.39, 0.29) is 11.9 Å². The van der Waals surface area contributed by atoms with Crippen molar-refractivity contribution < 1.29 is 19.0 Å². The van der Waals surface area contributed by atoms with Gasteiger partial charge in [-0.2, -0.15) is 0 Å². The van der Waals surface area contributed by atoms with E-state index in [0.717, 1.165) is 13.0 Å².